The Morgan fingerprint density at radius 1 is 0.970 bits per heavy atom. The Hall–Kier alpha value is -2.20. The molecule has 0 unspecified atom stereocenters. The van der Waals surface area contributed by atoms with Crippen LogP contribution >= 0.6 is 0 Å². The zero-order chi connectivity index (χ0) is 24.7. The number of hydrogen-bond donors (Lipinski definition) is 4. The van der Waals surface area contributed by atoms with Gasteiger partial charge in [0.15, 0.2) is 0 Å². The highest BCUT2D eigenvalue weighted by Gasteiger charge is 2.26. The van der Waals surface area contributed by atoms with Crippen molar-refractivity contribution < 1.29 is 28.7 Å². The molecule has 10 heteroatoms. The monoisotopic (exact) mass is 470 g/mol. The summed E-state index contributed by atoms with van der Waals surface area (Å²) < 4.78 is 10.7. The minimum Gasteiger partial charge on any atom is -0.377 e. The Morgan fingerprint density at radius 2 is 1.67 bits per heavy atom. The minimum absolute atomic E-state index is 0.00278. The van der Waals surface area contributed by atoms with Crippen molar-refractivity contribution in [1.29, 1.82) is 0 Å². The first-order valence-corrected chi connectivity index (χ1v) is 11.9. The summed E-state index contributed by atoms with van der Waals surface area (Å²) in [7, 11) is 0. The van der Waals surface area contributed by atoms with Gasteiger partial charge in [-0.15, -0.1) is 0 Å². The lowest BCUT2D eigenvalue weighted by molar-refractivity contribution is -0.133. The number of amides is 4. The van der Waals surface area contributed by atoms with Gasteiger partial charge in [-0.05, 0) is 31.1 Å². The Balaban J connectivity index is 2.68. The fourth-order valence-electron chi connectivity index (χ4n) is 3.33. The van der Waals surface area contributed by atoms with Crippen LogP contribution in [0.2, 0.25) is 0 Å². The standard InChI is InChI=1S/C23H42N4O6/c1-5-8-17-21(30)25-11-12-32-13-14-33-16-20(29)26-18(22(31)27-17)9-6-7-10-24-19(28)15-23(2,3)4/h17-18H,5-16H2,1-4H3,(H,24,28)(H,25,30)(H,26,29)(H,27,31)/t17-,18+/m1/s1. The lowest BCUT2D eigenvalue weighted by Crippen LogP contribution is -2.54. The van der Waals surface area contributed by atoms with Gasteiger partial charge < -0.3 is 30.7 Å². The summed E-state index contributed by atoms with van der Waals surface area (Å²) in [6.45, 7) is 9.48. The van der Waals surface area contributed by atoms with Gasteiger partial charge in [-0.25, -0.2) is 0 Å². The van der Waals surface area contributed by atoms with Gasteiger partial charge in [0, 0.05) is 19.5 Å². The second-order valence-electron chi connectivity index (χ2n) is 9.51. The van der Waals surface area contributed by atoms with Crippen molar-refractivity contribution in [3.63, 3.8) is 0 Å². The van der Waals surface area contributed by atoms with Crippen LogP contribution in [0.5, 0.6) is 0 Å². The van der Waals surface area contributed by atoms with Crippen LogP contribution in [-0.2, 0) is 28.7 Å². The van der Waals surface area contributed by atoms with Crippen LogP contribution < -0.4 is 21.3 Å². The predicted molar refractivity (Wildman–Crippen MR) is 124 cm³/mol. The summed E-state index contributed by atoms with van der Waals surface area (Å²) in [6, 6.07) is -1.47. The third-order valence-corrected chi connectivity index (χ3v) is 4.95. The molecule has 10 nitrogen and oxygen atoms in total. The zero-order valence-corrected chi connectivity index (χ0v) is 20.6. The van der Waals surface area contributed by atoms with E-state index in [0.717, 1.165) is 0 Å². The Bertz CT molecular complexity index is 635. The molecule has 0 aromatic carbocycles. The highest BCUT2D eigenvalue weighted by atomic mass is 16.5. The van der Waals surface area contributed by atoms with Crippen molar-refractivity contribution in [3.8, 4) is 0 Å². The SMILES string of the molecule is CCC[C@H]1NC(=O)[C@H](CCCCNC(=O)CC(C)(C)C)NC(=O)COCCOCCNC1=O. The Labute approximate surface area is 197 Å². The molecule has 1 saturated heterocycles. The normalized spacial score (nSPS) is 21.8. The van der Waals surface area contributed by atoms with Crippen LogP contribution in [0.25, 0.3) is 0 Å². The molecular weight excluding hydrogens is 428 g/mol. The van der Waals surface area contributed by atoms with E-state index in [0.29, 0.717) is 64.8 Å². The Kier molecular flexibility index (Phi) is 13.6. The largest absolute Gasteiger partial charge is 0.377 e. The number of rotatable bonds is 8. The second kappa shape index (κ2) is 15.6. The number of hydrogen-bond acceptors (Lipinski definition) is 6. The molecule has 33 heavy (non-hydrogen) atoms. The average Bonchev–Trinajstić information content (AvgIpc) is 2.72. The van der Waals surface area contributed by atoms with Crippen LogP contribution in [0.15, 0.2) is 0 Å². The molecule has 0 saturated carbocycles. The van der Waals surface area contributed by atoms with Crippen molar-refractivity contribution in [2.24, 2.45) is 5.41 Å². The van der Waals surface area contributed by atoms with E-state index in [-0.39, 0.29) is 30.4 Å². The van der Waals surface area contributed by atoms with Crippen molar-refractivity contribution >= 4 is 23.6 Å². The smallest absolute Gasteiger partial charge is 0.246 e. The summed E-state index contributed by atoms with van der Waals surface area (Å²) in [5.41, 5.74) is -0.0768. The van der Waals surface area contributed by atoms with Gasteiger partial charge in [0.05, 0.1) is 19.8 Å². The number of carbonyl (C=O) groups is 4. The molecule has 4 N–H and O–H groups in total. The Morgan fingerprint density at radius 3 is 2.36 bits per heavy atom. The van der Waals surface area contributed by atoms with Crippen LogP contribution in [-0.4, -0.2) is 75.2 Å². The lowest BCUT2D eigenvalue weighted by atomic mass is 9.92. The average molecular weight is 471 g/mol. The molecule has 1 aliphatic rings. The molecule has 0 aromatic rings. The van der Waals surface area contributed by atoms with E-state index >= 15 is 0 Å². The summed E-state index contributed by atoms with van der Waals surface area (Å²) in [6.07, 6.45) is 3.32. The fraction of sp³-hybridized carbons (Fsp3) is 0.826. The predicted octanol–water partition coefficient (Wildman–Crippen LogP) is 0.642. The maximum Gasteiger partial charge on any atom is 0.246 e. The minimum atomic E-state index is -0.792. The molecule has 1 rings (SSSR count). The maximum atomic E-state index is 12.9. The van der Waals surface area contributed by atoms with E-state index in [1.54, 1.807) is 0 Å². The topological polar surface area (TPSA) is 135 Å². The molecule has 1 heterocycles. The van der Waals surface area contributed by atoms with Gasteiger partial charge in [0.25, 0.3) is 0 Å². The summed E-state index contributed by atoms with van der Waals surface area (Å²) in [5.74, 6) is -1.08. The van der Waals surface area contributed by atoms with Crippen LogP contribution in [0.4, 0.5) is 0 Å². The highest BCUT2D eigenvalue weighted by Crippen LogP contribution is 2.17. The van der Waals surface area contributed by atoms with Crippen molar-refractivity contribution in [3.05, 3.63) is 0 Å². The lowest BCUT2D eigenvalue weighted by Gasteiger charge is -2.23. The summed E-state index contributed by atoms with van der Waals surface area (Å²) in [4.78, 5) is 49.6. The van der Waals surface area contributed by atoms with Gasteiger partial charge >= 0.3 is 0 Å². The van der Waals surface area contributed by atoms with E-state index in [4.69, 9.17) is 9.47 Å². The van der Waals surface area contributed by atoms with Gasteiger partial charge in [-0.3, -0.25) is 19.2 Å². The van der Waals surface area contributed by atoms with Crippen LogP contribution in [0, 0.1) is 5.41 Å². The molecule has 0 radical (unpaired) electrons. The quantitative estimate of drug-likeness (QED) is 0.385. The number of carbonyl (C=O) groups excluding carboxylic acids is 4. The summed E-state index contributed by atoms with van der Waals surface area (Å²) >= 11 is 0. The number of nitrogens with one attached hydrogen (secondary N) is 4. The van der Waals surface area contributed by atoms with Gasteiger partial charge in [0.1, 0.15) is 18.7 Å². The second-order valence-corrected chi connectivity index (χ2v) is 9.51. The molecular formula is C23H42N4O6. The van der Waals surface area contributed by atoms with Crippen molar-refractivity contribution in [2.75, 3.05) is 39.5 Å². The molecule has 190 valence electrons. The molecule has 1 aliphatic heterocycles. The zero-order valence-electron chi connectivity index (χ0n) is 20.6. The van der Waals surface area contributed by atoms with E-state index < -0.39 is 23.9 Å². The fourth-order valence-corrected chi connectivity index (χ4v) is 3.33. The van der Waals surface area contributed by atoms with E-state index in [2.05, 4.69) is 21.3 Å². The molecule has 0 aliphatic carbocycles. The third kappa shape index (κ3) is 13.8. The first kappa shape index (κ1) is 28.8. The third-order valence-electron chi connectivity index (χ3n) is 4.95. The first-order valence-electron chi connectivity index (χ1n) is 11.9. The van der Waals surface area contributed by atoms with Crippen molar-refractivity contribution in [1.82, 2.24) is 21.3 Å². The van der Waals surface area contributed by atoms with Gasteiger partial charge in [-0.1, -0.05) is 34.1 Å². The number of ether oxygens (including phenoxy) is 2. The molecule has 2 atom stereocenters. The van der Waals surface area contributed by atoms with E-state index in [9.17, 15) is 19.2 Å². The molecule has 4 amide bonds. The summed E-state index contributed by atoms with van der Waals surface area (Å²) in [5, 5.41) is 11.1. The van der Waals surface area contributed by atoms with Gasteiger partial charge in [-0.2, -0.15) is 0 Å². The molecule has 1 fully saturated rings. The maximum absolute atomic E-state index is 12.9. The molecule has 0 aromatic heterocycles. The first-order chi connectivity index (χ1) is 15.6. The van der Waals surface area contributed by atoms with Crippen LogP contribution in [0.1, 0.15) is 66.2 Å². The number of unbranched alkanes of at least 4 members (excludes halogenated alkanes) is 1. The van der Waals surface area contributed by atoms with Crippen LogP contribution in [0.3, 0.4) is 0 Å². The highest BCUT2D eigenvalue weighted by molar-refractivity contribution is 5.92. The van der Waals surface area contributed by atoms with E-state index in [1.807, 2.05) is 27.7 Å². The molecule has 0 bridgehead atoms. The van der Waals surface area contributed by atoms with Gasteiger partial charge in [0.2, 0.25) is 23.6 Å². The van der Waals surface area contributed by atoms with Crippen molar-refractivity contribution in [2.45, 2.75) is 78.3 Å². The van der Waals surface area contributed by atoms with E-state index in [1.165, 1.54) is 0 Å². The molecule has 0 spiro atoms.